The van der Waals surface area contributed by atoms with Crippen molar-refractivity contribution in [1.82, 2.24) is 0 Å². The number of carboxylic acids is 1. The number of hydrogen-bond acceptors (Lipinski definition) is 4. The van der Waals surface area contributed by atoms with Gasteiger partial charge in [0.25, 0.3) is 0 Å². The summed E-state index contributed by atoms with van der Waals surface area (Å²) in [6, 6.07) is 2.67. The van der Waals surface area contributed by atoms with Gasteiger partial charge in [0.2, 0.25) is 10.0 Å². The van der Waals surface area contributed by atoms with Crippen molar-refractivity contribution in [3.8, 4) is 5.75 Å². The number of sulfonamides is 1. The number of unbranched alkanes of at least 4 members (excludes halogenated alkanes) is 1. The van der Waals surface area contributed by atoms with Crippen LogP contribution in [-0.4, -0.2) is 38.2 Å². The number of anilines is 1. The van der Waals surface area contributed by atoms with Gasteiger partial charge in [-0.25, -0.2) is 13.2 Å². The molecule has 0 unspecified atom stereocenters. The predicted octanol–water partition coefficient (Wildman–Crippen LogP) is 3.19. The molecule has 0 aliphatic carbocycles. The number of methoxy groups -OCH3 is 1. The molecular weight excluding hydrogens is 342 g/mol. The number of nitrogens with one attached hydrogen (secondary N) is 1. The topological polar surface area (TPSA) is 92.7 Å². The summed E-state index contributed by atoms with van der Waals surface area (Å²) < 4.78 is 31.9. The highest BCUT2D eigenvalue weighted by atomic mass is 35.5. The molecule has 0 heterocycles. The maximum atomic E-state index is 12.1. The lowest BCUT2D eigenvalue weighted by molar-refractivity contribution is 0.0697. The van der Waals surface area contributed by atoms with Gasteiger partial charge in [-0.05, 0) is 31.9 Å². The summed E-state index contributed by atoms with van der Waals surface area (Å²) in [5, 5.41) is 9.18. The molecule has 0 spiro atoms. The normalized spacial score (nSPS) is 11.6. The maximum Gasteiger partial charge on any atom is 0.335 e. The first kappa shape index (κ1) is 19.3. The van der Waals surface area contributed by atoms with Crippen LogP contribution in [0.4, 0.5) is 5.69 Å². The number of carbonyl (C=O) groups is 1. The quantitative estimate of drug-likeness (QED) is 0.520. The van der Waals surface area contributed by atoms with Crippen LogP contribution in [0, 0.1) is 0 Å². The second-order valence-corrected chi connectivity index (χ2v) is 6.99. The molecule has 0 aliphatic rings. The van der Waals surface area contributed by atoms with Gasteiger partial charge in [-0.3, -0.25) is 4.72 Å². The van der Waals surface area contributed by atoms with Crippen molar-refractivity contribution in [2.75, 3.05) is 23.5 Å². The molecule has 0 saturated heterocycles. The molecule has 6 nitrogen and oxygen atoms in total. The number of alkyl halides is 1. The van der Waals surface area contributed by atoms with Crippen molar-refractivity contribution >= 4 is 39.4 Å². The lowest BCUT2D eigenvalue weighted by Crippen LogP contribution is -2.18. The third-order valence-corrected chi connectivity index (χ3v) is 4.60. The number of allylic oxidation sites excluding steroid dienone is 1. The highest BCUT2D eigenvalue weighted by Crippen LogP contribution is 2.32. The molecule has 0 radical (unpaired) electrons. The third kappa shape index (κ3) is 5.76. The molecule has 2 N–H and O–H groups in total. The van der Waals surface area contributed by atoms with Crippen LogP contribution in [0.5, 0.6) is 5.75 Å². The molecule has 1 rings (SSSR count). The van der Waals surface area contributed by atoms with Crippen LogP contribution >= 0.6 is 11.6 Å². The molecule has 23 heavy (non-hydrogen) atoms. The van der Waals surface area contributed by atoms with E-state index in [-0.39, 0.29) is 22.8 Å². The molecule has 0 aromatic heterocycles. The van der Waals surface area contributed by atoms with E-state index < -0.39 is 16.0 Å². The standard InChI is InChI=1S/C15H20ClNO5S/c1-3-6-11-9-12(15(18)19)10-13(14(11)22-2)17-23(20,21)8-5-4-7-16/h3,6,9-10,17H,4-5,7-8H2,1-2H3,(H,18,19)/b6-3-. The van der Waals surface area contributed by atoms with E-state index in [1.54, 1.807) is 19.1 Å². The van der Waals surface area contributed by atoms with Gasteiger partial charge < -0.3 is 9.84 Å². The van der Waals surface area contributed by atoms with Gasteiger partial charge in [0.1, 0.15) is 5.75 Å². The highest BCUT2D eigenvalue weighted by Gasteiger charge is 2.18. The molecular formula is C15H20ClNO5S. The lowest BCUT2D eigenvalue weighted by Gasteiger charge is -2.15. The van der Waals surface area contributed by atoms with Gasteiger partial charge in [-0.2, -0.15) is 0 Å². The number of ether oxygens (including phenoxy) is 1. The Bertz CT molecular complexity index is 685. The molecule has 0 atom stereocenters. The van der Waals surface area contributed by atoms with Crippen LogP contribution in [0.25, 0.3) is 6.08 Å². The summed E-state index contributed by atoms with van der Waals surface area (Å²) in [5.74, 6) is -0.590. The van der Waals surface area contributed by atoms with E-state index in [1.807, 2.05) is 0 Å². The zero-order chi connectivity index (χ0) is 17.5. The minimum atomic E-state index is -3.62. The fourth-order valence-corrected chi connectivity index (χ4v) is 3.35. The number of rotatable bonds is 9. The van der Waals surface area contributed by atoms with Crippen molar-refractivity contribution in [3.05, 3.63) is 29.3 Å². The Morgan fingerprint density at radius 2 is 2.09 bits per heavy atom. The van der Waals surface area contributed by atoms with Gasteiger partial charge in [-0.15, -0.1) is 11.6 Å². The first-order valence-corrected chi connectivity index (χ1v) is 9.17. The fourth-order valence-electron chi connectivity index (χ4n) is 1.99. The van der Waals surface area contributed by atoms with Gasteiger partial charge in [0, 0.05) is 11.4 Å². The van der Waals surface area contributed by atoms with Crippen LogP contribution < -0.4 is 9.46 Å². The van der Waals surface area contributed by atoms with E-state index in [4.69, 9.17) is 16.3 Å². The first-order chi connectivity index (χ1) is 10.8. The average molecular weight is 362 g/mol. The Kier molecular flexibility index (Phi) is 7.38. The van der Waals surface area contributed by atoms with E-state index in [0.717, 1.165) is 0 Å². The van der Waals surface area contributed by atoms with Crippen molar-refractivity contribution in [2.45, 2.75) is 19.8 Å². The van der Waals surface area contributed by atoms with Gasteiger partial charge in [0.05, 0.1) is 24.1 Å². The SMILES string of the molecule is C/C=C\c1cc(C(=O)O)cc(NS(=O)(=O)CCCCCl)c1OC. The molecule has 1 aromatic rings. The molecule has 0 fully saturated rings. The van der Waals surface area contributed by atoms with Crippen LogP contribution in [0.1, 0.15) is 35.7 Å². The average Bonchev–Trinajstić information content (AvgIpc) is 2.47. The summed E-state index contributed by atoms with van der Waals surface area (Å²) >= 11 is 5.54. The van der Waals surface area contributed by atoms with Crippen LogP contribution in [-0.2, 0) is 10.0 Å². The Hall–Kier alpha value is -1.73. The van der Waals surface area contributed by atoms with Gasteiger partial charge in [0.15, 0.2) is 0 Å². The largest absolute Gasteiger partial charge is 0.494 e. The Labute approximate surface area is 141 Å². The summed E-state index contributed by atoms with van der Waals surface area (Å²) in [7, 11) is -2.22. The van der Waals surface area contributed by atoms with Crippen LogP contribution in [0.3, 0.4) is 0 Å². The molecule has 1 aromatic carbocycles. The Morgan fingerprint density at radius 1 is 1.39 bits per heavy atom. The van der Waals surface area contributed by atoms with E-state index in [9.17, 15) is 18.3 Å². The van der Waals surface area contributed by atoms with Crippen molar-refractivity contribution in [1.29, 1.82) is 0 Å². The number of hydrogen-bond donors (Lipinski definition) is 2. The summed E-state index contributed by atoms with van der Waals surface area (Å²) in [5.41, 5.74) is 0.553. The molecule has 0 saturated carbocycles. The second kappa shape index (κ2) is 8.79. The monoisotopic (exact) mass is 361 g/mol. The third-order valence-electron chi connectivity index (χ3n) is 2.98. The maximum absolute atomic E-state index is 12.1. The minimum Gasteiger partial charge on any atom is -0.494 e. The molecule has 0 aliphatic heterocycles. The zero-order valence-corrected chi connectivity index (χ0v) is 14.6. The van der Waals surface area contributed by atoms with Crippen molar-refractivity contribution in [2.24, 2.45) is 0 Å². The predicted molar refractivity (Wildman–Crippen MR) is 92.0 cm³/mol. The van der Waals surface area contributed by atoms with E-state index in [2.05, 4.69) is 4.72 Å². The van der Waals surface area contributed by atoms with Gasteiger partial charge in [-0.1, -0.05) is 12.2 Å². The molecule has 128 valence electrons. The number of benzene rings is 1. The number of carboxylic acid groups (broad SMARTS) is 1. The van der Waals surface area contributed by atoms with Crippen LogP contribution in [0.2, 0.25) is 0 Å². The fraction of sp³-hybridized carbons (Fsp3) is 0.400. The first-order valence-electron chi connectivity index (χ1n) is 6.99. The van der Waals surface area contributed by atoms with Crippen molar-refractivity contribution in [3.63, 3.8) is 0 Å². The second-order valence-electron chi connectivity index (χ2n) is 4.77. The highest BCUT2D eigenvalue weighted by molar-refractivity contribution is 7.92. The van der Waals surface area contributed by atoms with Gasteiger partial charge >= 0.3 is 5.97 Å². The van der Waals surface area contributed by atoms with E-state index in [1.165, 1.54) is 19.2 Å². The zero-order valence-electron chi connectivity index (χ0n) is 13.0. The molecule has 0 bridgehead atoms. The minimum absolute atomic E-state index is 0.0302. The van der Waals surface area contributed by atoms with Crippen LogP contribution in [0.15, 0.2) is 18.2 Å². The van der Waals surface area contributed by atoms with E-state index in [0.29, 0.717) is 24.3 Å². The molecule has 8 heteroatoms. The smallest absolute Gasteiger partial charge is 0.335 e. The van der Waals surface area contributed by atoms with Crippen molar-refractivity contribution < 1.29 is 23.1 Å². The lowest BCUT2D eigenvalue weighted by atomic mass is 10.1. The number of aromatic carboxylic acids is 1. The summed E-state index contributed by atoms with van der Waals surface area (Å²) in [4.78, 5) is 11.2. The van der Waals surface area contributed by atoms with E-state index >= 15 is 0 Å². The summed E-state index contributed by atoms with van der Waals surface area (Å²) in [6.07, 6.45) is 4.36. The molecule has 0 amide bonds. The Morgan fingerprint density at radius 3 is 2.61 bits per heavy atom. The summed E-state index contributed by atoms with van der Waals surface area (Å²) in [6.45, 7) is 1.77. The Balaban J connectivity index is 3.24. The number of halogens is 1.